The van der Waals surface area contributed by atoms with Crippen molar-refractivity contribution in [1.82, 2.24) is 10.2 Å². The number of carboxylic acids is 1. The molecule has 1 heterocycles. The van der Waals surface area contributed by atoms with E-state index in [1.54, 1.807) is 25.7 Å². The molecule has 0 radical (unpaired) electrons. The summed E-state index contributed by atoms with van der Waals surface area (Å²) in [5, 5.41) is 11.6. The molecule has 162 valence electrons. The van der Waals surface area contributed by atoms with Crippen molar-refractivity contribution in [2.24, 2.45) is 0 Å². The van der Waals surface area contributed by atoms with Crippen LogP contribution in [-0.4, -0.2) is 53.2 Å². The topological polar surface area (TPSA) is 88.1 Å². The van der Waals surface area contributed by atoms with Crippen molar-refractivity contribution < 1.29 is 37.3 Å². The van der Waals surface area contributed by atoms with E-state index in [1.165, 1.54) is 0 Å². The highest BCUT2D eigenvalue weighted by Crippen LogP contribution is 2.34. The number of hydrogen-bond donors (Lipinski definition) is 2. The van der Waals surface area contributed by atoms with E-state index in [-0.39, 0.29) is 23.2 Å². The maximum absolute atomic E-state index is 12.8. The molecule has 1 fully saturated rings. The minimum absolute atomic E-state index is 0.00333. The van der Waals surface area contributed by atoms with Crippen LogP contribution in [0.5, 0.6) is 5.75 Å². The van der Waals surface area contributed by atoms with E-state index in [9.17, 15) is 22.8 Å². The van der Waals surface area contributed by atoms with E-state index >= 15 is 0 Å². The van der Waals surface area contributed by atoms with Gasteiger partial charge in [0.2, 0.25) is 0 Å². The number of benzene rings is 1. The van der Waals surface area contributed by atoms with Gasteiger partial charge in [-0.15, -0.1) is 13.2 Å². The number of hydrogen-bond acceptors (Lipinski definition) is 5. The van der Waals surface area contributed by atoms with Crippen molar-refractivity contribution in [2.75, 3.05) is 13.1 Å². The Bertz CT molecular complexity index is 780. The Labute approximate surface area is 170 Å². The van der Waals surface area contributed by atoms with Crippen LogP contribution in [0.25, 0.3) is 0 Å². The molecule has 11 heteroatoms. The van der Waals surface area contributed by atoms with E-state index in [2.05, 4.69) is 10.1 Å². The number of amides is 1. The molecule has 1 amide bonds. The van der Waals surface area contributed by atoms with Crippen LogP contribution in [0.1, 0.15) is 43.1 Å². The molecule has 1 aromatic rings. The second kappa shape index (κ2) is 8.66. The molecule has 0 aromatic heterocycles. The number of alkyl halides is 3. The largest absolute Gasteiger partial charge is 0.573 e. The van der Waals surface area contributed by atoms with Crippen LogP contribution in [0.15, 0.2) is 12.1 Å². The van der Waals surface area contributed by atoms with Gasteiger partial charge in [0.05, 0.1) is 5.56 Å². The number of alkyl carbamates (subject to hydrolysis) is 1. The number of halogens is 4. The third-order valence-corrected chi connectivity index (χ3v) is 4.34. The van der Waals surface area contributed by atoms with Crippen LogP contribution in [0.2, 0.25) is 5.02 Å². The monoisotopic (exact) mass is 438 g/mol. The summed E-state index contributed by atoms with van der Waals surface area (Å²) < 4.78 is 47.4. The molecular formula is C18H22ClF3N2O5. The van der Waals surface area contributed by atoms with Gasteiger partial charge in [-0.05, 0) is 39.3 Å². The van der Waals surface area contributed by atoms with Crippen molar-refractivity contribution in [3.63, 3.8) is 0 Å². The standard InChI is InChI=1S/C18H22ClF3N2O5/c1-17(2,3)29-16(27)23-11-4-5-24(8-11)9-12-13(19)6-10(15(25)26)7-14(12)28-18(20,21)22/h6-7,11H,4-5,8-9H2,1-3H3,(H,23,27)(H,25,26)/t11-/m1/s1. The smallest absolute Gasteiger partial charge is 0.478 e. The lowest BCUT2D eigenvalue weighted by atomic mass is 10.1. The van der Waals surface area contributed by atoms with Gasteiger partial charge in [-0.1, -0.05) is 11.6 Å². The highest BCUT2D eigenvalue weighted by Gasteiger charge is 2.34. The van der Waals surface area contributed by atoms with Gasteiger partial charge in [0.1, 0.15) is 11.4 Å². The van der Waals surface area contributed by atoms with Gasteiger partial charge < -0.3 is 19.9 Å². The summed E-state index contributed by atoms with van der Waals surface area (Å²) >= 11 is 6.05. The molecular weight excluding hydrogens is 417 g/mol. The van der Waals surface area contributed by atoms with Crippen LogP contribution >= 0.6 is 11.6 Å². The second-order valence-corrected chi connectivity index (χ2v) is 8.06. The first kappa shape index (κ1) is 23.1. The zero-order valence-electron chi connectivity index (χ0n) is 16.1. The van der Waals surface area contributed by atoms with Gasteiger partial charge in [0.25, 0.3) is 0 Å². The molecule has 7 nitrogen and oxygen atoms in total. The number of carboxylic acid groups (broad SMARTS) is 1. The number of nitrogens with one attached hydrogen (secondary N) is 1. The SMILES string of the molecule is CC(C)(C)OC(=O)N[C@@H]1CCN(Cc2c(Cl)cc(C(=O)O)cc2OC(F)(F)F)C1. The zero-order valence-corrected chi connectivity index (χ0v) is 16.9. The molecule has 0 unspecified atom stereocenters. The minimum Gasteiger partial charge on any atom is -0.478 e. The van der Waals surface area contributed by atoms with Crippen molar-refractivity contribution >= 4 is 23.7 Å². The van der Waals surface area contributed by atoms with Crippen LogP contribution in [0, 0.1) is 0 Å². The molecule has 0 bridgehead atoms. The van der Waals surface area contributed by atoms with E-state index < -0.39 is 35.3 Å². The summed E-state index contributed by atoms with van der Waals surface area (Å²) in [6, 6.07) is 1.63. The average Bonchev–Trinajstić information content (AvgIpc) is 2.93. The van der Waals surface area contributed by atoms with Gasteiger partial charge in [-0.25, -0.2) is 9.59 Å². The van der Waals surface area contributed by atoms with E-state index in [1.807, 2.05) is 0 Å². The predicted molar refractivity (Wildman–Crippen MR) is 98.1 cm³/mol. The summed E-state index contributed by atoms with van der Waals surface area (Å²) in [5.74, 6) is -2.08. The number of carbonyl (C=O) groups is 2. The van der Waals surface area contributed by atoms with E-state index in [0.29, 0.717) is 19.5 Å². The Balaban J connectivity index is 2.11. The van der Waals surface area contributed by atoms with Crippen molar-refractivity contribution in [3.05, 3.63) is 28.3 Å². The van der Waals surface area contributed by atoms with Gasteiger partial charge in [0, 0.05) is 36.3 Å². The summed E-state index contributed by atoms with van der Waals surface area (Å²) in [5.41, 5.74) is -1.04. The fourth-order valence-corrected chi connectivity index (χ4v) is 3.17. The molecule has 2 N–H and O–H groups in total. The maximum Gasteiger partial charge on any atom is 0.573 e. The Kier molecular flexibility index (Phi) is 6.89. The second-order valence-electron chi connectivity index (χ2n) is 7.65. The number of carbonyl (C=O) groups excluding carboxylic acids is 1. The van der Waals surface area contributed by atoms with Crippen LogP contribution in [0.3, 0.4) is 0 Å². The highest BCUT2D eigenvalue weighted by molar-refractivity contribution is 6.32. The third-order valence-electron chi connectivity index (χ3n) is 4.00. The van der Waals surface area contributed by atoms with Crippen molar-refractivity contribution in [3.8, 4) is 5.75 Å². The molecule has 0 aliphatic carbocycles. The van der Waals surface area contributed by atoms with Crippen LogP contribution in [0.4, 0.5) is 18.0 Å². The summed E-state index contributed by atoms with van der Waals surface area (Å²) in [6.45, 7) is 6.05. The molecule has 1 atom stereocenters. The van der Waals surface area contributed by atoms with E-state index in [0.717, 1.165) is 12.1 Å². The van der Waals surface area contributed by atoms with Crippen LogP contribution < -0.4 is 10.1 Å². The van der Waals surface area contributed by atoms with E-state index in [4.69, 9.17) is 21.4 Å². The van der Waals surface area contributed by atoms with Crippen LogP contribution in [-0.2, 0) is 11.3 Å². The molecule has 1 aliphatic heterocycles. The number of ether oxygens (including phenoxy) is 2. The Hall–Kier alpha value is -2.20. The van der Waals surface area contributed by atoms with Gasteiger partial charge >= 0.3 is 18.4 Å². The number of likely N-dealkylation sites (tertiary alicyclic amines) is 1. The quantitative estimate of drug-likeness (QED) is 0.721. The minimum atomic E-state index is -5.00. The molecule has 1 aromatic carbocycles. The Morgan fingerprint density at radius 3 is 2.52 bits per heavy atom. The molecule has 29 heavy (non-hydrogen) atoms. The summed E-state index contributed by atoms with van der Waals surface area (Å²) in [4.78, 5) is 24.8. The average molecular weight is 439 g/mol. The van der Waals surface area contributed by atoms with Gasteiger partial charge in [-0.3, -0.25) is 4.90 Å². The first-order chi connectivity index (χ1) is 13.2. The Morgan fingerprint density at radius 1 is 1.31 bits per heavy atom. The number of aromatic carboxylic acids is 1. The molecule has 1 saturated heterocycles. The number of nitrogens with zero attached hydrogens (tertiary/aromatic N) is 1. The van der Waals surface area contributed by atoms with Gasteiger partial charge in [0.15, 0.2) is 0 Å². The molecule has 1 aliphatic rings. The van der Waals surface area contributed by atoms with Gasteiger partial charge in [-0.2, -0.15) is 0 Å². The lowest BCUT2D eigenvalue weighted by molar-refractivity contribution is -0.275. The fourth-order valence-electron chi connectivity index (χ4n) is 2.90. The predicted octanol–water partition coefficient (Wildman–Crippen LogP) is 4.04. The maximum atomic E-state index is 12.8. The summed E-state index contributed by atoms with van der Waals surface area (Å²) in [7, 11) is 0. The molecule has 0 saturated carbocycles. The lowest BCUT2D eigenvalue weighted by Gasteiger charge is -2.22. The fraction of sp³-hybridized carbons (Fsp3) is 0.556. The van der Waals surface area contributed by atoms with Crippen molar-refractivity contribution in [2.45, 2.75) is 51.7 Å². The first-order valence-corrected chi connectivity index (χ1v) is 9.14. The first-order valence-electron chi connectivity index (χ1n) is 8.77. The molecule has 0 spiro atoms. The summed E-state index contributed by atoms with van der Waals surface area (Å²) in [6.07, 6.45) is -5.00. The third kappa shape index (κ3) is 7.28. The Morgan fingerprint density at radius 2 is 1.97 bits per heavy atom. The normalized spacial score (nSPS) is 17.8. The lowest BCUT2D eigenvalue weighted by Crippen LogP contribution is -2.40. The number of rotatable bonds is 5. The van der Waals surface area contributed by atoms with Crippen molar-refractivity contribution in [1.29, 1.82) is 0 Å². The molecule has 2 rings (SSSR count). The zero-order chi connectivity index (χ0) is 22.0. The highest BCUT2D eigenvalue weighted by atomic mass is 35.5.